The first-order chi connectivity index (χ1) is 12.9. The lowest BCUT2D eigenvalue weighted by molar-refractivity contribution is 0.0696. The van der Waals surface area contributed by atoms with E-state index in [4.69, 9.17) is 11.6 Å². The Morgan fingerprint density at radius 1 is 1.37 bits per heavy atom. The number of piperidine rings is 1. The second-order valence-electron chi connectivity index (χ2n) is 6.79. The van der Waals surface area contributed by atoms with Crippen molar-refractivity contribution in [3.63, 3.8) is 0 Å². The van der Waals surface area contributed by atoms with Crippen LogP contribution >= 0.6 is 22.9 Å². The molecule has 1 fully saturated rings. The number of aliphatic hydroxyl groups excluding tert-OH is 1. The number of imidazole rings is 1. The summed E-state index contributed by atoms with van der Waals surface area (Å²) in [5, 5.41) is 11.7. The van der Waals surface area contributed by atoms with E-state index in [9.17, 15) is 13.5 Å². The summed E-state index contributed by atoms with van der Waals surface area (Å²) in [6, 6.07) is 5.36. The Labute approximate surface area is 166 Å². The largest absolute Gasteiger partial charge is 0.385 e. The molecule has 1 aromatic carbocycles. The van der Waals surface area contributed by atoms with Crippen LogP contribution in [0.3, 0.4) is 0 Å². The van der Waals surface area contributed by atoms with Crippen molar-refractivity contribution in [3.05, 3.63) is 46.3 Å². The van der Waals surface area contributed by atoms with Gasteiger partial charge in [-0.2, -0.15) is 4.31 Å². The van der Waals surface area contributed by atoms with Crippen molar-refractivity contribution in [2.24, 2.45) is 5.92 Å². The van der Waals surface area contributed by atoms with Gasteiger partial charge in [-0.3, -0.25) is 0 Å². The molecule has 3 heterocycles. The third kappa shape index (κ3) is 3.40. The molecule has 6 nitrogen and oxygen atoms in total. The van der Waals surface area contributed by atoms with E-state index in [1.807, 2.05) is 13.0 Å². The van der Waals surface area contributed by atoms with Gasteiger partial charge in [-0.1, -0.05) is 11.6 Å². The Morgan fingerprint density at radius 2 is 2.11 bits per heavy atom. The molecule has 0 aliphatic carbocycles. The fraction of sp³-hybridized carbons (Fsp3) is 0.389. The van der Waals surface area contributed by atoms with E-state index >= 15 is 0 Å². The van der Waals surface area contributed by atoms with Gasteiger partial charge in [0.05, 0.1) is 0 Å². The number of sulfonamides is 1. The summed E-state index contributed by atoms with van der Waals surface area (Å²) in [5.74, 6) is 0.517. The standard InChI is InChI=1S/C18H20ClN3O3S2/c1-11-17(14-10-13(19)2-3-15(14)26-11)27(24,25)22-8-4-12(5-9-22)16(23)18-20-6-7-21-18/h2-3,6-7,10,12,16,23H,4-5,8-9H2,1H3,(H,20,21). The lowest BCUT2D eigenvalue weighted by atomic mass is 9.92. The number of rotatable bonds is 4. The molecule has 0 amide bonds. The number of fused-ring (bicyclic) bond motifs is 1. The smallest absolute Gasteiger partial charge is 0.244 e. The van der Waals surface area contributed by atoms with E-state index in [1.165, 1.54) is 15.6 Å². The summed E-state index contributed by atoms with van der Waals surface area (Å²) in [7, 11) is -3.62. The molecular formula is C18H20ClN3O3S2. The maximum absolute atomic E-state index is 13.3. The molecule has 1 aliphatic heterocycles. The Kier molecular flexibility index (Phi) is 5.02. The first-order valence-corrected chi connectivity index (χ1v) is 11.4. The number of thiophene rings is 1. The number of H-pyrrole nitrogens is 1. The average molecular weight is 426 g/mol. The highest BCUT2D eigenvalue weighted by Gasteiger charge is 2.35. The van der Waals surface area contributed by atoms with Crippen molar-refractivity contribution in [2.45, 2.75) is 30.8 Å². The van der Waals surface area contributed by atoms with Crippen molar-refractivity contribution in [1.29, 1.82) is 0 Å². The van der Waals surface area contributed by atoms with Crippen molar-refractivity contribution >= 4 is 43.0 Å². The molecule has 4 rings (SSSR count). The second-order valence-corrected chi connectivity index (χ2v) is 10.4. The summed E-state index contributed by atoms with van der Waals surface area (Å²) >= 11 is 7.56. The molecule has 0 bridgehead atoms. The predicted molar refractivity (Wildman–Crippen MR) is 107 cm³/mol. The van der Waals surface area contributed by atoms with Crippen LogP contribution in [-0.4, -0.2) is 40.9 Å². The van der Waals surface area contributed by atoms with Crippen LogP contribution < -0.4 is 0 Å². The molecule has 1 unspecified atom stereocenters. The summed E-state index contributed by atoms with van der Waals surface area (Å²) in [4.78, 5) is 8.16. The minimum Gasteiger partial charge on any atom is -0.385 e. The number of benzene rings is 1. The van der Waals surface area contributed by atoms with Crippen LogP contribution in [0.1, 0.15) is 29.6 Å². The first kappa shape index (κ1) is 18.9. The molecule has 0 radical (unpaired) electrons. The van der Waals surface area contributed by atoms with Gasteiger partial charge in [0.15, 0.2) is 0 Å². The number of aryl methyl sites for hydroxylation is 1. The molecule has 2 N–H and O–H groups in total. The number of nitrogens with zero attached hydrogens (tertiary/aromatic N) is 2. The highest BCUT2D eigenvalue weighted by atomic mass is 35.5. The van der Waals surface area contributed by atoms with E-state index in [1.54, 1.807) is 24.5 Å². The van der Waals surface area contributed by atoms with Crippen LogP contribution in [0.5, 0.6) is 0 Å². The minimum atomic E-state index is -3.62. The van der Waals surface area contributed by atoms with Crippen LogP contribution in [0.2, 0.25) is 5.02 Å². The maximum Gasteiger partial charge on any atom is 0.244 e. The Bertz CT molecular complexity index is 1060. The van der Waals surface area contributed by atoms with Gasteiger partial charge in [0.1, 0.15) is 16.8 Å². The first-order valence-electron chi connectivity index (χ1n) is 8.74. The van der Waals surface area contributed by atoms with Gasteiger partial charge in [0, 0.05) is 45.5 Å². The number of aromatic amines is 1. The number of nitrogens with one attached hydrogen (secondary N) is 1. The predicted octanol–water partition coefficient (Wildman–Crippen LogP) is 3.72. The molecular weight excluding hydrogens is 406 g/mol. The molecule has 1 atom stereocenters. The van der Waals surface area contributed by atoms with Crippen molar-refractivity contribution in [3.8, 4) is 0 Å². The monoisotopic (exact) mass is 425 g/mol. The molecule has 1 saturated heterocycles. The van der Waals surface area contributed by atoms with E-state index in [2.05, 4.69) is 9.97 Å². The number of aromatic nitrogens is 2. The van der Waals surface area contributed by atoms with E-state index < -0.39 is 16.1 Å². The fourth-order valence-electron chi connectivity index (χ4n) is 3.71. The number of halogens is 1. The number of hydrogen-bond acceptors (Lipinski definition) is 5. The average Bonchev–Trinajstić information content (AvgIpc) is 3.28. The maximum atomic E-state index is 13.3. The SMILES string of the molecule is Cc1sc2ccc(Cl)cc2c1S(=O)(=O)N1CCC(C(O)c2ncc[nH]2)CC1. The summed E-state index contributed by atoms with van der Waals surface area (Å²) in [6.45, 7) is 2.59. The van der Waals surface area contributed by atoms with E-state index in [0.717, 1.165) is 9.58 Å². The molecule has 2 aromatic heterocycles. The zero-order valence-electron chi connectivity index (χ0n) is 14.7. The Balaban J connectivity index is 1.58. The summed E-state index contributed by atoms with van der Waals surface area (Å²) in [6.07, 6.45) is 3.75. The molecule has 9 heteroatoms. The highest BCUT2D eigenvalue weighted by Crippen LogP contribution is 2.39. The highest BCUT2D eigenvalue weighted by molar-refractivity contribution is 7.89. The summed E-state index contributed by atoms with van der Waals surface area (Å²) in [5.41, 5.74) is 0. The molecule has 0 saturated carbocycles. The number of aliphatic hydroxyl groups is 1. The molecule has 144 valence electrons. The topological polar surface area (TPSA) is 86.3 Å². The van der Waals surface area contributed by atoms with Gasteiger partial charge in [-0.15, -0.1) is 11.3 Å². The lowest BCUT2D eigenvalue weighted by Gasteiger charge is -2.33. The van der Waals surface area contributed by atoms with Crippen LogP contribution in [0.15, 0.2) is 35.5 Å². The minimum absolute atomic E-state index is 0.0163. The quantitative estimate of drug-likeness (QED) is 0.666. The van der Waals surface area contributed by atoms with Crippen molar-refractivity contribution in [1.82, 2.24) is 14.3 Å². The second kappa shape index (κ2) is 7.18. The van der Waals surface area contributed by atoms with Gasteiger partial charge < -0.3 is 10.1 Å². The Hall–Kier alpha value is -1.45. The van der Waals surface area contributed by atoms with Gasteiger partial charge in [-0.05, 0) is 43.9 Å². The van der Waals surface area contributed by atoms with E-state index in [0.29, 0.717) is 47.1 Å². The van der Waals surface area contributed by atoms with Gasteiger partial charge in [0.25, 0.3) is 0 Å². The molecule has 3 aromatic rings. The molecule has 1 aliphatic rings. The zero-order chi connectivity index (χ0) is 19.2. The van der Waals surface area contributed by atoms with Crippen molar-refractivity contribution < 1.29 is 13.5 Å². The summed E-state index contributed by atoms with van der Waals surface area (Å²) < 4.78 is 29.1. The van der Waals surface area contributed by atoms with Crippen LogP contribution in [0, 0.1) is 12.8 Å². The zero-order valence-corrected chi connectivity index (χ0v) is 17.1. The van der Waals surface area contributed by atoms with Crippen LogP contribution in [-0.2, 0) is 10.0 Å². The number of hydrogen-bond donors (Lipinski definition) is 2. The van der Waals surface area contributed by atoms with Crippen molar-refractivity contribution in [2.75, 3.05) is 13.1 Å². The van der Waals surface area contributed by atoms with Gasteiger partial charge in [-0.25, -0.2) is 13.4 Å². The third-order valence-corrected chi connectivity index (χ3v) is 8.65. The fourth-order valence-corrected chi connectivity index (χ4v) is 7.09. The normalized spacial score (nSPS) is 18.2. The lowest BCUT2D eigenvalue weighted by Crippen LogP contribution is -2.40. The van der Waals surface area contributed by atoms with Crippen LogP contribution in [0.25, 0.3) is 10.1 Å². The van der Waals surface area contributed by atoms with E-state index in [-0.39, 0.29) is 5.92 Å². The van der Waals surface area contributed by atoms with Crippen LogP contribution in [0.4, 0.5) is 0 Å². The third-order valence-electron chi connectivity index (χ3n) is 5.11. The molecule has 27 heavy (non-hydrogen) atoms. The van der Waals surface area contributed by atoms with Gasteiger partial charge >= 0.3 is 0 Å². The molecule has 0 spiro atoms. The Morgan fingerprint density at radius 3 is 2.78 bits per heavy atom. The van der Waals surface area contributed by atoms with Gasteiger partial charge in [0.2, 0.25) is 10.0 Å².